The first-order chi connectivity index (χ1) is 11.1. The van der Waals surface area contributed by atoms with E-state index in [4.69, 9.17) is 10.00 Å². The Hall–Kier alpha value is -3.26. The van der Waals surface area contributed by atoms with Gasteiger partial charge in [-0.3, -0.25) is 0 Å². The number of nitrogens with zero attached hydrogens (tertiary/aromatic N) is 1. The minimum absolute atomic E-state index is 0.216. The van der Waals surface area contributed by atoms with Crippen LogP contribution in [0.15, 0.2) is 48.5 Å². The maximum absolute atomic E-state index is 11.6. The average molecular weight is 309 g/mol. The summed E-state index contributed by atoms with van der Waals surface area (Å²) >= 11 is 0. The molecule has 0 aliphatic rings. The molecule has 0 heterocycles. The van der Waals surface area contributed by atoms with Crippen molar-refractivity contribution in [2.75, 3.05) is 6.61 Å². The quantitative estimate of drug-likeness (QED) is 0.503. The van der Waals surface area contributed by atoms with Crippen molar-refractivity contribution in [1.82, 2.24) is 0 Å². The predicted octanol–water partition coefficient (Wildman–Crippen LogP) is 2.77. The first kappa shape index (κ1) is 16.1. The molecule has 0 aliphatic heterocycles. The van der Waals surface area contributed by atoms with Crippen molar-refractivity contribution in [3.8, 4) is 17.6 Å². The van der Waals surface area contributed by atoms with Crippen LogP contribution in [0, 0.1) is 11.3 Å². The molecule has 0 spiro atoms. The van der Waals surface area contributed by atoms with E-state index in [2.05, 4.69) is 0 Å². The third-order valence-corrected chi connectivity index (χ3v) is 3.13. The highest BCUT2D eigenvalue weighted by atomic mass is 16.5. The minimum Gasteiger partial charge on any atom is -0.504 e. The highest BCUT2D eigenvalue weighted by Crippen LogP contribution is 2.25. The van der Waals surface area contributed by atoms with Crippen molar-refractivity contribution in [2.24, 2.45) is 0 Å². The molecule has 2 aromatic rings. The summed E-state index contributed by atoms with van der Waals surface area (Å²) in [5.41, 5.74) is 2.14. The van der Waals surface area contributed by atoms with Crippen molar-refractivity contribution in [3.63, 3.8) is 0 Å². The van der Waals surface area contributed by atoms with Crippen LogP contribution in [0.3, 0.4) is 0 Å². The van der Waals surface area contributed by atoms with Gasteiger partial charge in [-0.2, -0.15) is 5.26 Å². The summed E-state index contributed by atoms with van der Waals surface area (Å²) in [5, 5.41) is 27.3. The molecule has 5 heteroatoms. The molecule has 5 nitrogen and oxygen atoms in total. The molecule has 0 fully saturated rings. The number of esters is 1. The molecule has 2 aromatic carbocycles. The van der Waals surface area contributed by atoms with Gasteiger partial charge in [0.1, 0.15) is 0 Å². The van der Waals surface area contributed by atoms with Gasteiger partial charge in [0.2, 0.25) is 0 Å². The largest absolute Gasteiger partial charge is 0.504 e. The van der Waals surface area contributed by atoms with Crippen molar-refractivity contribution in [3.05, 3.63) is 65.2 Å². The van der Waals surface area contributed by atoms with Gasteiger partial charge in [-0.25, -0.2) is 4.79 Å². The number of aromatic hydroxyl groups is 2. The fourth-order valence-corrected chi connectivity index (χ4v) is 1.87. The second-order valence-electron chi connectivity index (χ2n) is 4.81. The van der Waals surface area contributed by atoms with Crippen LogP contribution in [0.4, 0.5) is 0 Å². The first-order valence-electron chi connectivity index (χ1n) is 6.94. The number of phenolic OH excluding ortho intramolecular Hbond substituents is 2. The van der Waals surface area contributed by atoms with E-state index in [1.54, 1.807) is 18.2 Å². The zero-order valence-electron chi connectivity index (χ0n) is 12.3. The predicted molar refractivity (Wildman–Crippen MR) is 84.6 cm³/mol. The van der Waals surface area contributed by atoms with Gasteiger partial charge in [-0.15, -0.1) is 0 Å². The fourth-order valence-electron chi connectivity index (χ4n) is 1.87. The van der Waals surface area contributed by atoms with Crippen LogP contribution in [0.2, 0.25) is 0 Å². The maximum atomic E-state index is 11.6. The Morgan fingerprint density at radius 3 is 2.52 bits per heavy atom. The highest BCUT2D eigenvalue weighted by Gasteiger charge is 2.01. The second kappa shape index (κ2) is 7.66. The molecule has 0 amide bonds. The van der Waals surface area contributed by atoms with E-state index in [1.165, 1.54) is 24.3 Å². The van der Waals surface area contributed by atoms with Crippen molar-refractivity contribution < 1.29 is 19.7 Å². The maximum Gasteiger partial charge on any atom is 0.330 e. The summed E-state index contributed by atoms with van der Waals surface area (Å²) in [6.07, 6.45) is 3.30. The zero-order valence-corrected chi connectivity index (χ0v) is 12.3. The van der Waals surface area contributed by atoms with E-state index in [-0.39, 0.29) is 18.1 Å². The molecule has 0 saturated heterocycles. The number of carbonyl (C=O) groups is 1. The minimum atomic E-state index is -0.494. The van der Waals surface area contributed by atoms with Gasteiger partial charge in [-0.1, -0.05) is 18.2 Å². The van der Waals surface area contributed by atoms with Crippen LogP contribution < -0.4 is 0 Å². The SMILES string of the molecule is N#Cc1ccc(CCOC(=O)/C=C/c2ccc(O)c(O)c2)cc1. The topological polar surface area (TPSA) is 90.5 Å². The highest BCUT2D eigenvalue weighted by molar-refractivity contribution is 5.87. The molecule has 0 saturated carbocycles. The molecule has 2 rings (SSSR count). The summed E-state index contributed by atoms with van der Waals surface area (Å²) in [7, 11) is 0. The monoisotopic (exact) mass is 309 g/mol. The van der Waals surface area contributed by atoms with Gasteiger partial charge in [0.15, 0.2) is 11.5 Å². The van der Waals surface area contributed by atoms with Gasteiger partial charge in [0.05, 0.1) is 18.2 Å². The summed E-state index contributed by atoms with van der Waals surface area (Å²) in [4.78, 5) is 11.6. The lowest BCUT2D eigenvalue weighted by Gasteiger charge is -2.03. The van der Waals surface area contributed by atoms with E-state index < -0.39 is 5.97 Å². The number of benzene rings is 2. The number of hydrogen-bond acceptors (Lipinski definition) is 5. The zero-order chi connectivity index (χ0) is 16.7. The van der Waals surface area contributed by atoms with Gasteiger partial charge >= 0.3 is 5.97 Å². The first-order valence-corrected chi connectivity index (χ1v) is 6.94. The van der Waals surface area contributed by atoms with Crippen LogP contribution in [-0.2, 0) is 16.0 Å². The van der Waals surface area contributed by atoms with Crippen LogP contribution in [0.1, 0.15) is 16.7 Å². The summed E-state index contributed by atoms with van der Waals surface area (Å²) in [6, 6.07) is 13.4. The number of phenols is 2. The normalized spacial score (nSPS) is 10.4. The Morgan fingerprint density at radius 1 is 1.13 bits per heavy atom. The van der Waals surface area contributed by atoms with Crippen LogP contribution >= 0.6 is 0 Å². The fraction of sp³-hybridized carbons (Fsp3) is 0.111. The molecule has 0 aromatic heterocycles. The lowest BCUT2D eigenvalue weighted by molar-refractivity contribution is -0.137. The third-order valence-electron chi connectivity index (χ3n) is 3.13. The summed E-state index contributed by atoms with van der Waals surface area (Å²) in [6.45, 7) is 0.232. The summed E-state index contributed by atoms with van der Waals surface area (Å²) in [5.74, 6) is -0.959. The molecular weight excluding hydrogens is 294 g/mol. The Morgan fingerprint density at radius 2 is 1.87 bits per heavy atom. The molecule has 0 bridgehead atoms. The van der Waals surface area contributed by atoms with E-state index in [0.29, 0.717) is 17.5 Å². The van der Waals surface area contributed by atoms with Gasteiger partial charge in [-0.05, 0) is 41.5 Å². The Bertz CT molecular complexity index is 758. The lowest BCUT2D eigenvalue weighted by atomic mass is 10.1. The third kappa shape index (κ3) is 4.90. The Kier molecular flexibility index (Phi) is 5.37. The van der Waals surface area contributed by atoms with Crippen molar-refractivity contribution >= 4 is 12.0 Å². The van der Waals surface area contributed by atoms with Gasteiger partial charge < -0.3 is 14.9 Å². The van der Waals surface area contributed by atoms with Crippen LogP contribution in [-0.4, -0.2) is 22.8 Å². The molecule has 0 aliphatic carbocycles. The van der Waals surface area contributed by atoms with E-state index in [1.807, 2.05) is 18.2 Å². The van der Waals surface area contributed by atoms with Crippen LogP contribution in [0.5, 0.6) is 11.5 Å². The lowest BCUT2D eigenvalue weighted by Crippen LogP contribution is -2.04. The number of rotatable bonds is 5. The second-order valence-corrected chi connectivity index (χ2v) is 4.81. The van der Waals surface area contributed by atoms with E-state index >= 15 is 0 Å². The van der Waals surface area contributed by atoms with Crippen molar-refractivity contribution in [1.29, 1.82) is 5.26 Å². The molecule has 0 unspecified atom stereocenters. The standard InChI is InChI=1S/C18H15NO4/c19-12-15-3-1-13(2-4-15)9-10-23-18(22)8-6-14-5-7-16(20)17(21)11-14/h1-8,11,20-21H,9-10H2/b8-6+. The summed E-state index contributed by atoms with van der Waals surface area (Å²) < 4.78 is 5.08. The number of nitriles is 1. The molecule has 23 heavy (non-hydrogen) atoms. The van der Waals surface area contributed by atoms with Crippen LogP contribution in [0.25, 0.3) is 6.08 Å². The number of carbonyl (C=O) groups excluding carboxylic acids is 1. The molecule has 0 radical (unpaired) electrons. The van der Waals surface area contributed by atoms with Gasteiger partial charge in [0, 0.05) is 12.5 Å². The molecule has 2 N–H and O–H groups in total. The molecule has 0 atom stereocenters. The number of ether oxygens (including phenoxy) is 1. The Balaban J connectivity index is 1.81. The van der Waals surface area contributed by atoms with E-state index in [9.17, 15) is 15.0 Å². The van der Waals surface area contributed by atoms with Gasteiger partial charge in [0.25, 0.3) is 0 Å². The average Bonchev–Trinajstić information content (AvgIpc) is 2.56. The number of hydrogen-bond donors (Lipinski definition) is 2. The van der Waals surface area contributed by atoms with Crippen molar-refractivity contribution in [2.45, 2.75) is 6.42 Å². The molecular formula is C18H15NO4. The molecule has 116 valence electrons. The van der Waals surface area contributed by atoms with E-state index in [0.717, 1.165) is 5.56 Å². The Labute approximate surface area is 133 Å². The smallest absolute Gasteiger partial charge is 0.330 e.